The van der Waals surface area contributed by atoms with Gasteiger partial charge in [-0.2, -0.15) is 0 Å². The summed E-state index contributed by atoms with van der Waals surface area (Å²) < 4.78 is 5.14. The van der Waals surface area contributed by atoms with Crippen LogP contribution in [0.15, 0.2) is 59.5 Å². The number of carboxylic acids is 1. The zero-order valence-corrected chi connectivity index (χ0v) is 15.3. The van der Waals surface area contributed by atoms with Gasteiger partial charge in [-0.05, 0) is 31.2 Å². The van der Waals surface area contributed by atoms with E-state index in [1.165, 1.54) is 4.88 Å². The van der Waals surface area contributed by atoms with Crippen LogP contribution in [-0.4, -0.2) is 22.7 Å². The number of hydrogen-bond donors (Lipinski definition) is 1. The molecule has 0 amide bonds. The fourth-order valence-electron chi connectivity index (χ4n) is 2.19. The molecule has 1 aromatic heterocycles. The van der Waals surface area contributed by atoms with Crippen molar-refractivity contribution in [2.75, 3.05) is 6.61 Å². The molecule has 0 aliphatic heterocycles. The number of carboxylic acid groups (broad SMARTS) is 1. The van der Waals surface area contributed by atoms with Crippen LogP contribution < -0.4 is 4.74 Å². The molecule has 0 spiro atoms. The van der Waals surface area contributed by atoms with Crippen LogP contribution in [0.5, 0.6) is 5.75 Å². The van der Waals surface area contributed by atoms with Crippen LogP contribution in [0.3, 0.4) is 0 Å². The second-order valence-corrected chi connectivity index (χ2v) is 7.47. The van der Waals surface area contributed by atoms with E-state index in [-0.39, 0.29) is 6.61 Å². The number of aryl methyl sites for hydroxylation is 1. The van der Waals surface area contributed by atoms with Gasteiger partial charge < -0.3 is 9.84 Å². The maximum absolute atomic E-state index is 10.5. The van der Waals surface area contributed by atoms with Gasteiger partial charge in [0, 0.05) is 21.1 Å². The standard InChI is InChI=1S/C19H17NO3S2/c1-13-17(25-19(20-13)14-5-3-2-4-6-14)12-24-16-9-7-15(8-10-16)23-11-18(21)22/h2-10H,11-12H2,1H3,(H,21,22). The summed E-state index contributed by atoms with van der Waals surface area (Å²) >= 11 is 3.45. The molecule has 0 saturated carbocycles. The second-order valence-electron chi connectivity index (χ2n) is 5.34. The molecule has 3 rings (SSSR count). The van der Waals surface area contributed by atoms with E-state index >= 15 is 0 Å². The smallest absolute Gasteiger partial charge is 0.341 e. The van der Waals surface area contributed by atoms with Crippen molar-refractivity contribution in [3.8, 4) is 16.3 Å². The Morgan fingerprint density at radius 2 is 1.88 bits per heavy atom. The first-order valence-electron chi connectivity index (χ1n) is 7.71. The molecule has 0 aliphatic rings. The molecular formula is C19H17NO3S2. The van der Waals surface area contributed by atoms with Crippen LogP contribution in [0.1, 0.15) is 10.6 Å². The third-order valence-corrected chi connectivity index (χ3v) is 5.90. The highest BCUT2D eigenvalue weighted by molar-refractivity contribution is 7.98. The molecular weight excluding hydrogens is 354 g/mol. The highest BCUT2D eigenvalue weighted by Crippen LogP contribution is 2.33. The summed E-state index contributed by atoms with van der Waals surface area (Å²) in [7, 11) is 0. The third-order valence-electron chi connectivity index (χ3n) is 3.47. The topological polar surface area (TPSA) is 59.4 Å². The normalized spacial score (nSPS) is 10.6. The summed E-state index contributed by atoms with van der Waals surface area (Å²) in [6, 6.07) is 17.7. The maximum atomic E-state index is 10.5. The van der Waals surface area contributed by atoms with Crippen molar-refractivity contribution < 1.29 is 14.6 Å². The van der Waals surface area contributed by atoms with E-state index in [4.69, 9.17) is 9.84 Å². The summed E-state index contributed by atoms with van der Waals surface area (Å²) in [4.78, 5) is 17.5. The van der Waals surface area contributed by atoms with Crippen molar-refractivity contribution in [1.82, 2.24) is 4.98 Å². The Morgan fingerprint density at radius 3 is 2.56 bits per heavy atom. The molecule has 1 heterocycles. The van der Waals surface area contributed by atoms with E-state index in [1.54, 1.807) is 35.2 Å². The number of thioether (sulfide) groups is 1. The summed E-state index contributed by atoms with van der Waals surface area (Å²) in [5, 5.41) is 9.66. The third kappa shape index (κ3) is 4.84. The average Bonchev–Trinajstić information content (AvgIpc) is 3.00. The van der Waals surface area contributed by atoms with E-state index in [2.05, 4.69) is 17.1 Å². The van der Waals surface area contributed by atoms with E-state index in [0.29, 0.717) is 5.75 Å². The van der Waals surface area contributed by atoms with Crippen molar-refractivity contribution in [3.63, 3.8) is 0 Å². The lowest BCUT2D eigenvalue weighted by molar-refractivity contribution is -0.139. The lowest BCUT2D eigenvalue weighted by atomic mass is 10.2. The van der Waals surface area contributed by atoms with E-state index in [0.717, 1.165) is 26.9 Å². The van der Waals surface area contributed by atoms with Crippen molar-refractivity contribution in [3.05, 3.63) is 65.2 Å². The fraction of sp³-hybridized carbons (Fsp3) is 0.158. The lowest BCUT2D eigenvalue weighted by Crippen LogP contribution is -2.09. The molecule has 25 heavy (non-hydrogen) atoms. The molecule has 0 bridgehead atoms. The van der Waals surface area contributed by atoms with Crippen LogP contribution in [0.4, 0.5) is 0 Å². The van der Waals surface area contributed by atoms with Crippen molar-refractivity contribution >= 4 is 29.1 Å². The Hall–Kier alpha value is -2.31. The number of rotatable bonds is 7. The van der Waals surface area contributed by atoms with E-state index in [1.807, 2.05) is 37.3 Å². The minimum atomic E-state index is -0.978. The zero-order valence-electron chi connectivity index (χ0n) is 13.6. The fourth-order valence-corrected chi connectivity index (χ4v) is 4.30. The molecule has 0 fully saturated rings. The monoisotopic (exact) mass is 371 g/mol. The predicted octanol–water partition coefficient (Wildman–Crippen LogP) is 4.87. The minimum absolute atomic E-state index is 0.325. The van der Waals surface area contributed by atoms with Gasteiger partial charge in [0.05, 0.1) is 5.69 Å². The number of ether oxygens (including phenoxy) is 1. The average molecular weight is 371 g/mol. The zero-order chi connectivity index (χ0) is 17.6. The predicted molar refractivity (Wildman–Crippen MR) is 101 cm³/mol. The van der Waals surface area contributed by atoms with Gasteiger partial charge in [-0.3, -0.25) is 0 Å². The Balaban J connectivity index is 1.62. The molecule has 0 aliphatic carbocycles. The summed E-state index contributed by atoms with van der Waals surface area (Å²) in [6.45, 7) is 1.72. The number of hydrogen-bond acceptors (Lipinski definition) is 5. The number of carbonyl (C=O) groups is 1. The van der Waals surface area contributed by atoms with Crippen LogP contribution in [0.25, 0.3) is 10.6 Å². The molecule has 0 radical (unpaired) electrons. The van der Waals surface area contributed by atoms with Gasteiger partial charge in [0.25, 0.3) is 0 Å². The molecule has 1 N–H and O–H groups in total. The van der Waals surface area contributed by atoms with Gasteiger partial charge in [0.15, 0.2) is 6.61 Å². The van der Waals surface area contributed by atoms with Gasteiger partial charge in [0.1, 0.15) is 10.8 Å². The Bertz CT molecular complexity index is 845. The van der Waals surface area contributed by atoms with Crippen LogP contribution >= 0.6 is 23.1 Å². The molecule has 0 saturated heterocycles. The first kappa shape index (κ1) is 17.5. The maximum Gasteiger partial charge on any atom is 0.341 e. The number of nitrogens with zero attached hydrogens (tertiary/aromatic N) is 1. The molecule has 6 heteroatoms. The molecule has 128 valence electrons. The quantitative estimate of drug-likeness (QED) is 0.600. The van der Waals surface area contributed by atoms with Crippen molar-refractivity contribution in [2.45, 2.75) is 17.6 Å². The summed E-state index contributed by atoms with van der Waals surface area (Å²) in [5.74, 6) is 0.437. The largest absolute Gasteiger partial charge is 0.482 e. The first-order chi connectivity index (χ1) is 12.1. The summed E-state index contributed by atoms with van der Waals surface area (Å²) in [5.41, 5.74) is 2.21. The Morgan fingerprint density at radius 1 is 1.16 bits per heavy atom. The first-order valence-corrected chi connectivity index (χ1v) is 9.51. The molecule has 0 atom stereocenters. The van der Waals surface area contributed by atoms with Gasteiger partial charge >= 0.3 is 5.97 Å². The van der Waals surface area contributed by atoms with Crippen molar-refractivity contribution in [1.29, 1.82) is 0 Å². The van der Waals surface area contributed by atoms with E-state index in [9.17, 15) is 4.79 Å². The van der Waals surface area contributed by atoms with Crippen molar-refractivity contribution in [2.24, 2.45) is 0 Å². The Kier molecular flexibility index (Phi) is 5.73. The molecule has 2 aromatic carbocycles. The number of benzene rings is 2. The number of aliphatic carboxylic acids is 1. The molecule has 3 aromatic rings. The van der Waals surface area contributed by atoms with Gasteiger partial charge in [-0.1, -0.05) is 30.3 Å². The number of thiazole rings is 1. The highest BCUT2D eigenvalue weighted by atomic mass is 32.2. The lowest BCUT2D eigenvalue weighted by Gasteiger charge is -2.04. The molecule has 4 nitrogen and oxygen atoms in total. The van der Waals surface area contributed by atoms with Gasteiger partial charge in [-0.15, -0.1) is 23.1 Å². The second kappa shape index (κ2) is 8.18. The SMILES string of the molecule is Cc1nc(-c2ccccc2)sc1CSc1ccc(OCC(=O)O)cc1. The molecule has 0 unspecified atom stereocenters. The van der Waals surface area contributed by atoms with Crippen LogP contribution in [0, 0.1) is 6.92 Å². The minimum Gasteiger partial charge on any atom is -0.482 e. The van der Waals surface area contributed by atoms with E-state index < -0.39 is 5.97 Å². The van der Waals surface area contributed by atoms with Crippen LogP contribution in [-0.2, 0) is 10.5 Å². The summed E-state index contributed by atoms with van der Waals surface area (Å²) in [6.07, 6.45) is 0. The van der Waals surface area contributed by atoms with Gasteiger partial charge in [-0.25, -0.2) is 9.78 Å². The Labute approximate surface area is 154 Å². The van der Waals surface area contributed by atoms with Crippen LogP contribution in [0.2, 0.25) is 0 Å². The number of aromatic nitrogens is 1. The van der Waals surface area contributed by atoms with Gasteiger partial charge in [0.2, 0.25) is 0 Å². The highest BCUT2D eigenvalue weighted by Gasteiger charge is 2.10.